The van der Waals surface area contributed by atoms with Crippen molar-refractivity contribution in [3.8, 4) is 0 Å². The largest absolute Gasteiger partial charge is 0.386 e. The molecule has 0 aliphatic heterocycles. The first-order valence-electron chi connectivity index (χ1n) is 6.77. The summed E-state index contributed by atoms with van der Waals surface area (Å²) in [6.45, 7) is 6.45. The summed E-state index contributed by atoms with van der Waals surface area (Å²) in [6, 6.07) is 0. The van der Waals surface area contributed by atoms with Crippen molar-refractivity contribution in [3.05, 3.63) is 35.5 Å². The lowest BCUT2D eigenvalue weighted by atomic mass is 9.70. The smallest absolute Gasteiger partial charge is 0.156 e. The number of rotatable bonds is 1. The molecule has 104 valence electrons. The Hall–Kier alpha value is -1.19. The Balaban J connectivity index is 2.24. The maximum Gasteiger partial charge on any atom is 0.156 e. The molecule has 2 aliphatic carbocycles. The second-order valence-electron chi connectivity index (χ2n) is 6.57. The molecule has 0 aromatic heterocycles. The van der Waals surface area contributed by atoms with Crippen molar-refractivity contribution in [3.63, 3.8) is 0 Å². The van der Waals surface area contributed by atoms with Crippen LogP contribution in [0.5, 0.6) is 0 Å². The van der Waals surface area contributed by atoms with Gasteiger partial charge in [0.25, 0.3) is 0 Å². The average Bonchev–Trinajstić information content (AvgIpc) is 2.31. The number of hydrogen-bond donors (Lipinski definition) is 2. The van der Waals surface area contributed by atoms with Gasteiger partial charge >= 0.3 is 0 Å². The summed E-state index contributed by atoms with van der Waals surface area (Å²) in [5, 5.41) is 19.1. The minimum Gasteiger partial charge on any atom is -0.386 e. The Morgan fingerprint density at radius 3 is 2.42 bits per heavy atom. The molecule has 3 nitrogen and oxygen atoms in total. The lowest BCUT2D eigenvalue weighted by Gasteiger charge is -2.34. The summed E-state index contributed by atoms with van der Waals surface area (Å²) in [7, 11) is 0. The predicted molar refractivity (Wildman–Crippen MR) is 74.5 cm³/mol. The molecule has 3 unspecified atom stereocenters. The first-order chi connectivity index (χ1) is 8.77. The Morgan fingerprint density at radius 1 is 1.16 bits per heavy atom. The van der Waals surface area contributed by atoms with Crippen molar-refractivity contribution < 1.29 is 15.0 Å². The van der Waals surface area contributed by atoms with Crippen LogP contribution in [0.25, 0.3) is 0 Å². The number of carbonyl (C=O) groups excluding carboxylic acids is 1. The first-order valence-corrected chi connectivity index (χ1v) is 6.77. The molecule has 0 radical (unpaired) electrons. The van der Waals surface area contributed by atoms with Gasteiger partial charge in [0, 0.05) is 6.42 Å². The number of ketones is 1. The summed E-state index contributed by atoms with van der Waals surface area (Å²) in [5.41, 5.74) is 1.92. The van der Waals surface area contributed by atoms with Crippen LogP contribution in [0.3, 0.4) is 0 Å². The molecular weight excluding hydrogens is 240 g/mol. The topological polar surface area (TPSA) is 57.5 Å². The van der Waals surface area contributed by atoms with Crippen LogP contribution in [0.1, 0.15) is 33.6 Å². The molecule has 3 heteroatoms. The summed E-state index contributed by atoms with van der Waals surface area (Å²) in [4.78, 5) is 11.9. The van der Waals surface area contributed by atoms with Crippen molar-refractivity contribution >= 4 is 5.78 Å². The van der Waals surface area contributed by atoms with Gasteiger partial charge < -0.3 is 10.2 Å². The Kier molecular flexibility index (Phi) is 3.79. The molecule has 3 atom stereocenters. The maximum absolute atomic E-state index is 11.9. The zero-order valence-corrected chi connectivity index (χ0v) is 11.8. The van der Waals surface area contributed by atoms with Gasteiger partial charge in [-0.1, -0.05) is 32.9 Å². The highest BCUT2D eigenvalue weighted by Crippen LogP contribution is 2.39. The van der Waals surface area contributed by atoms with E-state index >= 15 is 0 Å². The summed E-state index contributed by atoms with van der Waals surface area (Å²) >= 11 is 0. The van der Waals surface area contributed by atoms with Gasteiger partial charge in [0.2, 0.25) is 0 Å². The number of carbonyl (C=O) groups is 1. The second-order valence-corrected chi connectivity index (χ2v) is 6.57. The van der Waals surface area contributed by atoms with E-state index in [1.807, 2.05) is 0 Å². The van der Waals surface area contributed by atoms with Crippen LogP contribution in [0, 0.1) is 11.3 Å². The van der Waals surface area contributed by atoms with Crippen LogP contribution in [0.4, 0.5) is 0 Å². The fourth-order valence-corrected chi connectivity index (χ4v) is 2.57. The summed E-state index contributed by atoms with van der Waals surface area (Å²) in [5.74, 6) is 0.467. The average molecular weight is 262 g/mol. The maximum atomic E-state index is 11.9. The predicted octanol–water partition coefficient (Wildman–Crippen LogP) is 2.16. The van der Waals surface area contributed by atoms with Crippen LogP contribution < -0.4 is 0 Å². The molecule has 0 aromatic carbocycles. The SMILES string of the molecule is CC(C)(C)C1CC(=O)C=C(C2=CC(O)C(O)C=C2)C1. The zero-order chi connectivity index (χ0) is 14.2. The van der Waals surface area contributed by atoms with Crippen LogP contribution in [0.15, 0.2) is 35.5 Å². The van der Waals surface area contributed by atoms with E-state index in [0.717, 1.165) is 17.6 Å². The van der Waals surface area contributed by atoms with Crippen LogP contribution >= 0.6 is 0 Å². The molecule has 0 spiro atoms. The Morgan fingerprint density at radius 2 is 1.84 bits per heavy atom. The van der Waals surface area contributed by atoms with Gasteiger partial charge in [-0.2, -0.15) is 0 Å². The van der Waals surface area contributed by atoms with Gasteiger partial charge in [-0.05, 0) is 41.1 Å². The number of aliphatic hydroxyl groups is 2. The standard InChI is InChI=1S/C16H22O3/c1-16(2,3)12-6-11(7-13(17)9-12)10-4-5-14(18)15(19)8-10/h4-5,7-8,12,14-15,18-19H,6,9H2,1-3H3. The Bertz CT molecular complexity index is 463. The van der Waals surface area contributed by atoms with Crippen molar-refractivity contribution in [1.29, 1.82) is 0 Å². The highest BCUT2D eigenvalue weighted by atomic mass is 16.3. The van der Waals surface area contributed by atoms with E-state index in [1.165, 1.54) is 0 Å². The van der Waals surface area contributed by atoms with Gasteiger partial charge in [-0.25, -0.2) is 0 Å². The van der Waals surface area contributed by atoms with E-state index < -0.39 is 12.2 Å². The highest BCUT2D eigenvalue weighted by Gasteiger charge is 2.31. The van der Waals surface area contributed by atoms with Crippen molar-refractivity contribution in [2.75, 3.05) is 0 Å². The number of hydrogen-bond acceptors (Lipinski definition) is 3. The minimum absolute atomic E-state index is 0.0895. The molecule has 0 amide bonds. The van der Waals surface area contributed by atoms with Gasteiger partial charge in [0.15, 0.2) is 5.78 Å². The lowest BCUT2D eigenvalue weighted by molar-refractivity contribution is -0.116. The molecule has 0 heterocycles. The normalized spacial score (nSPS) is 32.1. The third-order valence-electron chi connectivity index (χ3n) is 4.02. The van der Waals surface area contributed by atoms with Gasteiger partial charge in [0.1, 0.15) is 12.2 Å². The molecule has 0 bridgehead atoms. The van der Waals surface area contributed by atoms with E-state index in [9.17, 15) is 15.0 Å². The van der Waals surface area contributed by atoms with E-state index in [-0.39, 0.29) is 11.2 Å². The first kappa shape index (κ1) is 14.2. The molecule has 19 heavy (non-hydrogen) atoms. The van der Waals surface area contributed by atoms with Crippen LogP contribution in [0.2, 0.25) is 0 Å². The fourth-order valence-electron chi connectivity index (χ4n) is 2.57. The Labute approximate surface area is 114 Å². The molecule has 2 rings (SSSR count). The molecule has 2 N–H and O–H groups in total. The van der Waals surface area contributed by atoms with Crippen molar-refractivity contribution in [2.45, 2.75) is 45.8 Å². The third-order valence-corrected chi connectivity index (χ3v) is 4.02. The van der Waals surface area contributed by atoms with Crippen molar-refractivity contribution in [2.24, 2.45) is 11.3 Å². The van der Waals surface area contributed by atoms with Crippen LogP contribution in [-0.2, 0) is 4.79 Å². The van der Waals surface area contributed by atoms with Crippen LogP contribution in [-0.4, -0.2) is 28.2 Å². The fraction of sp³-hybridized carbons (Fsp3) is 0.562. The van der Waals surface area contributed by atoms with Gasteiger partial charge in [-0.3, -0.25) is 4.79 Å². The lowest BCUT2D eigenvalue weighted by Crippen LogP contribution is -2.28. The molecule has 0 aromatic rings. The second kappa shape index (κ2) is 5.06. The zero-order valence-electron chi connectivity index (χ0n) is 11.8. The third kappa shape index (κ3) is 3.23. The molecule has 2 aliphatic rings. The molecule has 0 saturated heterocycles. The monoisotopic (exact) mass is 262 g/mol. The van der Waals surface area contributed by atoms with E-state index in [1.54, 1.807) is 24.3 Å². The van der Waals surface area contributed by atoms with Gasteiger partial charge in [-0.15, -0.1) is 0 Å². The van der Waals surface area contributed by atoms with Crippen molar-refractivity contribution in [1.82, 2.24) is 0 Å². The number of allylic oxidation sites excluding steroid dienone is 4. The summed E-state index contributed by atoms with van der Waals surface area (Å²) in [6.07, 6.45) is 6.39. The quantitative estimate of drug-likeness (QED) is 0.761. The van der Waals surface area contributed by atoms with E-state index in [2.05, 4.69) is 20.8 Å². The minimum atomic E-state index is -0.883. The molecular formula is C16H22O3. The number of aliphatic hydroxyl groups excluding tert-OH is 2. The highest BCUT2D eigenvalue weighted by molar-refractivity contribution is 5.92. The van der Waals surface area contributed by atoms with E-state index in [4.69, 9.17) is 0 Å². The van der Waals surface area contributed by atoms with E-state index in [0.29, 0.717) is 12.3 Å². The molecule has 0 fully saturated rings. The summed E-state index contributed by atoms with van der Waals surface area (Å²) < 4.78 is 0. The molecule has 0 saturated carbocycles. The van der Waals surface area contributed by atoms with Gasteiger partial charge in [0.05, 0.1) is 0 Å².